The van der Waals surface area contributed by atoms with Crippen molar-refractivity contribution < 1.29 is 4.79 Å². The Balaban J connectivity index is 2.36. The van der Waals surface area contributed by atoms with Gasteiger partial charge in [0.15, 0.2) is 5.54 Å². The van der Waals surface area contributed by atoms with E-state index < -0.39 is 5.54 Å². The van der Waals surface area contributed by atoms with Gasteiger partial charge in [-0.25, -0.2) is 0 Å². The molecule has 1 aliphatic carbocycles. The van der Waals surface area contributed by atoms with Gasteiger partial charge in [0.05, 0.1) is 0 Å². The lowest BCUT2D eigenvalue weighted by Crippen LogP contribution is -2.43. The molecule has 1 aliphatic rings. The number of amides is 1. The van der Waals surface area contributed by atoms with E-state index in [1.807, 2.05) is 48.5 Å². The Hall–Kier alpha value is -2.60. The maximum atomic E-state index is 11.5. The van der Waals surface area contributed by atoms with Gasteiger partial charge in [-0.3, -0.25) is 4.79 Å². The Morgan fingerprint density at radius 2 is 1.53 bits per heavy atom. The molecule has 0 saturated heterocycles. The van der Waals surface area contributed by atoms with Gasteiger partial charge in [0, 0.05) is 18.1 Å². The fourth-order valence-corrected chi connectivity index (χ4v) is 2.78. The fourth-order valence-electron chi connectivity index (χ4n) is 2.78. The highest BCUT2D eigenvalue weighted by molar-refractivity contribution is 5.86. The molecule has 0 aromatic heterocycles. The zero-order valence-corrected chi connectivity index (χ0v) is 10.5. The molecule has 1 N–H and O–H groups in total. The lowest BCUT2D eigenvalue weighted by Gasteiger charge is -2.24. The fraction of sp³-hybridized carbons (Fsp3) is 0.125. The lowest BCUT2D eigenvalue weighted by molar-refractivity contribution is -0.120. The van der Waals surface area contributed by atoms with Crippen LogP contribution in [0.3, 0.4) is 0 Å². The third kappa shape index (κ3) is 1.47. The minimum Gasteiger partial charge on any atom is -0.331 e. The van der Waals surface area contributed by atoms with E-state index in [-0.39, 0.29) is 5.91 Å². The molecule has 92 valence electrons. The molecule has 2 aromatic rings. The number of hydrogen-bond acceptors (Lipinski definition) is 2. The molecule has 0 atom stereocenters. The van der Waals surface area contributed by atoms with Gasteiger partial charge in [-0.15, -0.1) is 0 Å². The summed E-state index contributed by atoms with van der Waals surface area (Å²) in [6, 6.07) is 17.7. The summed E-state index contributed by atoms with van der Waals surface area (Å²) in [6.07, 6.45) is 0. The van der Waals surface area contributed by atoms with Crippen LogP contribution in [0.1, 0.15) is 18.1 Å². The maximum Gasteiger partial charge on any atom is 0.218 e. The van der Waals surface area contributed by atoms with E-state index in [1.165, 1.54) is 6.92 Å². The van der Waals surface area contributed by atoms with Crippen molar-refractivity contribution in [3.8, 4) is 17.2 Å². The predicted molar refractivity (Wildman–Crippen MR) is 72.1 cm³/mol. The van der Waals surface area contributed by atoms with Crippen LogP contribution >= 0.6 is 0 Å². The molecule has 3 rings (SSSR count). The van der Waals surface area contributed by atoms with Gasteiger partial charge in [0.25, 0.3) is 0 Å². The molecular weight excluding hydrogens is 236 g/mol. The van der Waals surface area contributed by atoms with Crippen LogP contribution in [-0.4, -0.2) is 5.91 Å². The van der Waals surface area contributed by atoms with E-state index in [2.05, 4.69) is 11.4 Å². The minimum atomic E-state index is -1.07. The van der Waals surface area contributed by atoms with Crippen LogP contribution in [0.2, 0.25) is 0 Å². The van der Waals surface area contributed by atoms with Crippen molar-refractivity contribution in [1.82, 2.24) is 5.32 Å². The SMILES string of the molecule is CC(=O)NC1(C#N)c2ccccc2-c2ccccc21. The van der Waals surface area contributed by atoms with E-state index in [9.17, 15) is 10.1 Å². The van der Waals surface area contributed by atoms with E-state index in [0.29, 0.717) is 0 Å². The van der Waals surface area contributed by atoms with Crippen LogP contribution < -0.4 is 5.32 Å². The second-order valence-electron chi connectivity index (χ2n) is 4.63. The first-order valence-corrected chi connectivity index (χ1v) is 6.08. The first kappa shape index (κ1) is 11.5. The lowest BCUT2D eigenvalue weighted by atomic mass is 9.89. The van der Waals surface area contributed by atoms with Gasteiger partial charge in [-0.1, -0.05) is 48.5 Å². The van der Waals surface area contributed by atoms with Crippen molar-refractivity contribution in [2.75, 3.05) is 0 Å². The Bertz CT molecular complexity index is 667. The van der Waals surface area contributed by atoms with Crippen molar-refractivity contribution in [3.63, 3.8) is 0 Å². The second kappa shape index (κ2) is 3.96. The molecular formula is C16H12N2O. The number of benzene rings is 2. The average Bonchev–Trinajstić information content (AvgIpc) is 2.71. The monoisotopic (exact) mass is 248 g/mol. The predicted octanol–water partition coefficient (Wildman–Crippen LogP) is 2.57. The molecule has 0 spiro atoms. The number of nitrogens with one attached hydrogen (secondary N) is 1. The highest BCUT2D eigenvalue weighted by Crippen LogP contribution is 2.46. The van der Waals surface area contributed by atoms with E-state index >= 15 is 0 Å². The molecule has 0 fully saturated rings. The van der Waals surface area contributed by atoms with Crippen molar-refractivity contribution >= 4 is 5.91 Å². The van der Waals surface area contributed by atoms with Crippen LogP contribution in [0.5, 0.6) is 0 Å². The second-order valence-corrected chi connectivity index (χ2v) is 4.63. The van der Waals surface area contributed by atoms with Gasteiger partial charge >= 0.3 is 0 Å². The zero-order valence-electron chi connectivity index (χ0n) is 10.5. The summed E-state index contributed by atoms with van der Waals surface area (Å²) < 4.78 is 0. The summed E-state index contributed by atoms with van der Waals surface area (Å²) in [6.45, 7) is 1.43. The van der Waals surface area contributed by atoms with Crippen molar-refractivity contribution in [3.05, 3.63) is 59.7 Å². The van der Waals surface area contributed by atoms with Crippen molar-refractivity contribution in [1.29, 1.82) is 5.26 Å². The summed E-state index contributed by atoms with van der Waals surface area (Å²) in [7, 11) is 0. The molecule has 0 unspecified atom stereocenters. The smallest absolute Gasteiger partial charge is 0.218 e. The van der Waals surface area contributed by atoms with Crippen LogP contribution in [0.15, 0.2) is 48.5 Å². The molecule has 2 aromatic carbocycles. The van der Waals surface area contributed by atoms with Crippen LogP contribution in [0.4, 0.5) is 0 Å². The third-order valence-corrected chi connectivity index (χ3v) is 3.48. The first-order valence-electron chi connectivity index (χ1n) is 6.08. The van der Waals surface area contributed by atoms with Crippen LogP contribution in [-0.2, 0) is 10.3 Å². The number of rotatable bonds is 1. The molecule has 19 heavy (non-hydrogen) atoms. The topological polar surface area (TPSA) is 52.9 Å². The average molecular weight is 248 g/mol. The number of hydrogen-bond donors (Lipinski definition) is 1. The Kier molecular flexibility index (Phi) is 2.39. The number of nitriles is 1. The molecule has 0 saturated carbocycles. The number of nitrogens with zero attached hydrogens (tertiary/aromatic N) is 1. The first-order chi connectivity index (χ1) is 9.19. The molecule has 0 aliphatic heterocycles. The molecule has 0 heterocycles. The van der Waals surface area contributed by atoms with Crippen LogP contribution in [0.25, 0.3) is 11.1 Å². The molecule has 1 amide bonds. The van der Waals surface area contributed by atoms with Gasteiger partial charge in [0.2, 0.25) is 5.91 Å². The van der Waals surface area contributed by atoms with Gasteiger partial charge < -0.3 is 5.32 Å². The van der Waals surface area contributed by atoms with Crippen molar-refractivity contribution in [2.24, 2.45) is 0 Å². The highest BCUT2D eigenvalue weighted by atomic mass is 16.1. The molecule has 0 bridgehead atoms. The standard InChI is InChI=1S/C16H12N2O/c1-11(19)18-16(10-17)14-8-4-2-6-12(14)13-7-3-5-9-15(13)16/h2-9H,1H3,(H,18,19). The van der Waals surface area contributed by atoms with Gasteiger partial charge in [0.1, 0.15) is 6.07 Å². The summed E-state index contributed by atoms with van der Waals surface area (Å²) in [4.78, 5) is 11.5. The van der Waals surface area contributed by atoms with E-state index in [0.717, 1.165) is 22.3 Å². The van der Waals surface area contributed by atoms with Gasteiger partial charge in [-0.05, 0) is 11.1 Å². The van der Waals surface area contributed by atoms with Gasteiger partial charge in [-0.2, -0.15) is 5.26 Å². The number of carbonyl (C=O) groups excluding carboxylic acids is 1. The summed E-state index contributed by atoms with van der Waals surface area (Å²) in [5, 5.41) is 12.5. The van der Waals surface area contributed by atoms with Crippen LogP contribution in [0, 0.1) is 11.3 Å². The molecule has 3 nitrogen and oxygen atoms in total. The van der Waals surface area contributed by atoms with Crippen molar-refractivity contribution in [2.45, 2.75) is 12.5 Å². The number of fused-ring (bicyclic) bond motifs is 3. The largest absolute Gasteiger partial charge is 0.331 e. The summed E-state index contributed by atoms with van der Waals surface area (Å²) in [5.41, 5.74) is 2.63. The zero-order chi connectivity index (χ0) is 13.5. The van der Waals surface area contributed by atoms with E-state index in [1.54, 1.807) is 0 Å². The Morgan fingerprint density at radius 3 is 1.95 bits per heavy atom. The Morgan fingerprint density at radius 1 is 1.05 bits per heavy atom. The van der Waals surface area contributed by atoms with E-state index in [4.69, 9.17) is 0 Å². The minimum absolute atomic E-state index is 0.215. The Labute approximate surface area is 111 Å². The normalized spacial score (nSPS) is 14.1. The molecule has 3 heteroatoms. The summed E-state index contributed by atoms with van der Waals surface area (Å²) in [5.74, 6) is -0.215. The summed E-state index contributed by atoms with van der Waals surface area (Å²) >= 11 is 0. The third-order valence-electron chi connectivity index (χ3n) is 3.48. The highest BCUT2D eigenvalue weighted by Gasteiger charge is 2.44. The maximum absolute atomic E-state index is 11.5. The molecule has 0 radical (unpaired) electrons. The quantitative estimate of drug-likeness (QED) is 0.843. The number of carbonyl (C=O) groups is 1.